The summed E-state index contributed by atoms with van der Waals surface area (Å²) < 4.78 is 5.22. The monoisotopic (exact) mass is 420 g/mol. The van der Waals surface area contributed by atoms with Crippen molar-refractivity contribution in [3.63, 3.8) is 0 Å². The van der Waals surface area contributed by atoms with Crippen LogP contribution in [0, 0.1) is 0 Å². The highest BCUT2D eigenvalue weighted by molar-refractivity contribution is 8.00. The highest BCUT2D eigenvalue weighted by Crippen LogP contribution is 2.35. The Morgan fingerprint density at radius 1 is 1.31 bits per heavy atom. The number of carboxylic acid groups (broad SMARTS) is 1. The van der Waals surface area contributed by atoms with Gasteiger partial charge in [0.05, 0.1) is 18.0 Å². The first kappa shape index (κ1) is 21.6. The van der Waals surface area contributed by atoms with E-state index in [9.17, 15) is 19.5 Å². The van der Waals surface area contributed by atoms with Crippen molar-refractivity contribution in [1.82, 2.24) is 10.2 Å². The second-order valence-electron chi connectivity index (χ2n) is 7.37. The van der Waals surface area contributed by atoms with Crippen LogP contribution in [0.5, 0.6) is 0 Å². The van der Waals surface area contributed by atoms with Gasteiger partial charge in [0.15, 0.2) is 0 Å². The van der Waals surface area contributed by atoms with E-state index in [1.54, 1.807) is 6.92 Å². The van der Waals surface area contributed by atoms with Crippen LogP contribution in [0.4, 0.5) is 0 Å². The fraction of sp³-hybridized carbons (Fsp3) is 0.571. The molecule has 7 nitrogen and oxygen atoms in total. The summed E-state index contributed by atoms with van der Waals surface area (Å²) in [7, 11) is 0. The van der Waals surface area contributed by atoms with Gasteiger partial charge in [0.2, 0.25) is 5.91 Å². The van der Waals surface area contributed by atoms with Crippen molar-refractivity contribution in [2.24, 2.45) is 0 Å². The number of carbonyl (C=O) groups excluding carboxylic acids is 2. The van der Waals surface area contributed by atoms with Crippen LogP contribution < -0.4 is 5.32 Å². The maximum absolute atomic E-state index is 13.2. The number of aliphatic carboxylic acids is 1. The molecule has 0 aliphatic carbocycles. The summed E-state index contributed by atoms with van der Waals surface area (Å²) in [5.74, 6) is -1.16. The Labute approximate surface area is 175 Å². The molecule has 2 aliphatic heterocycles. The fourth-order valence-electron chi connectivity index (χ4n) is 3.94. The molecule has 0 bridgehead atoms. The van der Waals surface area contributed by atoms with Crippen molar-refractivity contribution >= 4 is 29.6 Å². The second kappa shape index (κ2) is 10.1. The third-order valence-electron chi connectivity index (χ3n) is 5.41. The summed E-state index contributed by atoms with van der Waals surface area (Å²) in [5.41, 5.74) is 1.11. The number of ether oxygens (including phenoxy) is 1. The Morgan fingerprint density at radius 3 is 2.76 bits per heavy atom. The largest absolute Gasteiger partial charge is 0.480 e. The second-order valence-corrected chi connectivity index (χ2v) is 8.58. The number of aryl methyl sites for hydroxylation is 1. The zero-order valence-corrected chi connectivity index (χ0v) is 17.4. The van der Waals surface area contributed by atoms with Gasteiger partial charge in [-0.25, -0.2) is 4.79 Å². The molecular formula is C21H28N2O5S. The number of fused-ring (bicyclic) bond motifs is 1. The Kier molecular flexibility index (Phi) is 7.55. The van der Waals surface area contributed by atoms with E-state index >= 15 is 0 Å². The number of nitrogens with zero attached hydrogens (tertiary/aromatic N) is 1. The highest BCUT2D eigenvalue weighted by Gasteiger charge is 2.45. The molecule has 2 N–H and O–H groups in total. The minimum atomic E-state index is -0.972. The average Bonchev–Trinajstić information content (AvgIpc) is 3.08. The standard InChI is InChI=1S/C21H28N2O5S/c1-2-28-21(27)16(12-11-14-7-4-3-5-8-14)22-15-9-6-10-18-23(19(15)24)17(13-29-18)20(25)26/h3-5,7-8,15-18,22H,2,6,9-13H2,1H3,(H,25,26)/t15-,16?,17-,18-/m0/s1. The van der Waals surface area contributed by atoms with Gasteiger partial charge in [-0.2, -0.15) is 0 Å². The van der Waals surface area contributed by atoms with Gasteiger partial charge in [0.1, 0.15) is 12.1 Å². The molecule has 2 fully saturated rings. The fourth-order valence-corrected chi connectivity index (χ4v) is 5.39. The Bertz CT molecular complexity index is 729. The van der Waals surface area contributed by atoms with Gasteiger partial charge in [-0.3, -0.25) is 14.9 Å². The van der Waals surface area contributed by atoms with Crippen LogP contribution in [-0.4, -0.2) is 63.7 Å². The van der Waals surface area contributed by atoms with E-state index in [-0.39, 0.29) is 23.9 Å². The molecule has 1 aromatic carbocycles. The van der Waals surface area contributed by atoms with Crippen molar-refractivity contribution in [3.8, 4) is 0 Å². The molecule has 3 rings (SSSR count). The average molecular weight is 421 g/mol. The first-order valence-corrected chi connectivity index (χ1v) is 11.2. The van der Waals surface area contributed by atoms with Crippen LogP contribution in [-0.2, 0) is 25.5 Å². The van der Waals surface area contributed by atoms with Gasteiger partial charge >= 0.3 is 11.9 Å². The van der Waals surface area contributed by atoms with Crippen molar-refractivity contribution < 1.29 is 24.2 Å². The molecule has 8 heteroatoms. The van der Waals surface area contributed by atoms with E-state index in [1.165, 1.54) is 16.7 Å². The number of carbonyl (C=O) groups is 3. The topological polar surface area (TPSA) is 95.9 Å². The normalized spacial score (nSPS) is 25.2. The zero-order chi connectivity index (χ0) is 20.8. The maximum Gasteiger partial charge on any atom is 0.327 e. The quantitative estimate of drug-likeness (QED) is 0.622. The molecule has 0 radical (unpaired) electrons. The number of thioether (sulfide) groups is 1. The molecule has 158 valence electrons. The van der Waals surface area contributed by atoms with Crippen molar-refractivity contribution in [2.75, 3.05) is 12.4 Å². The maximum atomic E-state index is 13.2. The minimum absolute atomic E-state index is 0.0965. The highest BCUT2D eigenvalue weighted by atomic mass is 32.2. The summed E-state index contributed by atoms with van der Waals surface area (Å²) in [6.07, 6.45) is 3.34. The summed E-state index contributed by atoms with van der Waals surface area (Å²) in [6.45, 7) is 2.03. The summed E-state index contributed by atoms with van der Waals surface area (Å²) in [6, 6.07) is 7.86. The lowest BCUT2D eigenvalue weighted by Gasteiger charge is -2.30. The number of hydrogen-bond acceptors (Lipinski definition) is 6. The minimum Gasteiger partial charge on any atom is -0.480 e. The molecule has 2 heterocycles. The summed E-state index contributed by atoms with van der Waals surface area (Å²) >= 11 is 1.53. The van der Waals surface area contributed by atoms with Crippen LogP contribution in [0.25, 0.3) is 0 Å². The number of carboxylic acids is 1. The number of esters is 1. The number of hydrogen-bond donors (Lipinski definition) is 2. The Morgan fingerprint density at radius 2 is 2.07 bits per heavy atom. The van der Waals surface area contributed by atoms with Gasteiger partial charge in [-0.1, -0.05) is 30.3 Å². The zero-order valence-electron chi connectivity index (χ0n) is 16.6. The lowest BCUT2D eigenvalue weighted by atomic mass is 10.0. The molecule has 1 aromatic rings. The molecule has 0 saturated carbocycles. The predicted octanol–water partition coefficient (Wildman–Crippen LogP) is 2.05. The van der Waals surface area contributed by atoms with Crippen LogP contribution >= 0.6 is 11.8 Å². The van der Waals surface area contributed by atoms with Gasteiger partial charge in [-0.15, -0.1) is 11.8 Å². The number of benzene rings is 1. The van der Waals surface area contributed by atoms with E-state index in [0.717, 1.165) is 18.4 Å². The molecule has 1 unspecified atom stereocenters. The lowest BCUT2D eigenvalue weighted by Crippen LogP contribution is -2.55. The number of amides is 1. The Hall–Kier alpha value is -2.06. The third-order valence-corrected chi connectivity index (χ3v) is 6.77. The van der Waals surface area contributed by atoms with Gasteiger partial charge in [0, 0.05) is 5.75 Å². The lowest BCUT2D eigenvalue weighted by molar-refractivity contribution is -0.151. The number of rotatable bonds is 8. The van der Waals surface area contributed by atoms with Crippen molar-refractivity contribution in [3.05, 3.63) is 35.9 Å². The molecule has 0 spiro atoms. The summed E-state index contributed by atoms with van der Waals surface area (Å²) in [5, 5.41) is 12.6. The first-order chi connectivity index (χ1) is 14.0. The molecule has 4 atom stereocenters. The van der Waals surface area contributed by atoms with E-state index in [4.69, 9.17) is 4.74 Å². The summed E-state index contributed by atoms with van der Waals surface area (Å²) in [4.78, 5) is 38.8. The first-order valence-electron chi connectivity index (χ1n) is 10.1. The smallest absolute Gasteiger partial charge is 0.327 e. The predicted molar refractivity (Wildman–Crippen MR) is 110 cm³/mol. The third kappa shape index (κ3) is 5.30. The van der Waals surface area contributed by atoms with Crippen LogP contribution in [0.15, 0.2) is 30.3 Å². The van der Waals surface area contributed by atoms with E-state index in [2.05, 4.69) is 5.32 Å². The van der Waals surface area contributed by atoms with E-state index in [1.807, 2.05) is 30.3 Å². The molecule has 2 saturated heterocycles. The Balaban J connectivity index is 1.72. The SMILES string of the molecule is CCOC(=O)C(CCc1ccccc1)N[C@H]1CCC[C@@H]2SC[C@@H](C(=O)O)N2C1=O. The van der Waals surface area contributed by atoms with E-state index < -0.39 is 24.1 Å². The van der Waals surface area contributed by atoms with Crippen LogP contribution in [0.3, 0.4) is 0 Å². The van der Waals surface area contributed by atoms with Gasteiger partial charge in [0.25, 0.3) is 0 Å². The van der Waals surface area contributed by atoms with Gasteiger partial charge in [-0.05, 0) is 44.6 Å². The van der Waals surface area contributed by atoms with Gasteiger partial charge < -0.3 is 14.7 Å². The molecule has 1 amide bonds. The number of nitrogens with one attached hydrogen (secondary N) is 1. The molecule has 29 heavy (non-hydrogen) atoms. The van der Waals surface area contributed by atoms with Crippen LogP contribution in [0.1, 0.15) is 38.2 Å². The van der Waals surface area contributed by atoms with Crippen molar-refractivity contribution in [1.29, 1.82) is 0 Å². The van der Waals surface area contributed by atoms with Crippen molar-refractivity contribution in [2.45, 2.75) is 62.5 Å². The van der Waals surface area contributed by atoms with Crippen LogP contribution in [0.2, 0.25) is 0 Å². The molecule has 0 aromatic heterocycles. The molecular weight excluding hydrogens is 392 g/mol. The van der Waals surface area contributed by atoms with E-state index in [0.29, 0.717) is 25.0 Å². The molecule has 2 aliphatic rings.